The van der Waals surface area contributed by atoms with Gasteiger partial charge in [-0.25, -0.2) is 13.2 Å². The van der Waals surface area contributed by atoms with Gasteiger partial charge in [-0.15, -0.1) is 0 Å². The molecule has 1 heterocycles. The standard InChI is InChI=1S/C27H47N5O8S.CH4.Na/c1-24(2,3)19(30-23(36)31-25(4,5)6)21(34)32-13-15-17(26(15,7)8)18(32)20(33)29-16(12-14-10-9-11-14)27(37,22(28)35)41(38,39)40;;/h14-19,37H,9-13H2,1-8H3,(H2,28,35)(H,29,33)(H2,30,31,36)(H,38,39,40);1H4;/q;;+1/p-1/t15?,16?,17-,18-,19+,27?;;/m0../s1. The molecule has 2 aliphatic carbocycles. The number of carbonyl (C=O) groups excluding carboxylic acids is 4. The van der Waals surface area contributed by atoms with Gasteiger partial charge in [0.25, 0.3) is 10.8 Å². The largest absolute Gasteiger partial charge is 1.00 e. The summed E-state index contributed by atoms with van der Waals surface area (Å²) in [6, 6.07) is -4.46. The molecule has 0 radical (unpaired) electrons. The van der Waals surface area contributed by atoms with Gasteiger partial charge in [-0.2, -0.15) is 0 Å². The second-order valence-electron chi connectivity index (χ2n) is 14.6. The molecule has 43 heavy (non-hydrogen) atoms. The van der Waals surface area contributed by atoms with E-state index < -0.39 is 67.9 Å². The van der Waals surface area contributed by atoms with Crippen molar-refractivity contribution >= 4 is 33.9 Å². The molecule has 242 valence electrons. The molecule has 0 aromatic heterocycles. The molecule has 3 aliphatic rings. The average Bonchev–Trinajstić information content (AvgIpc) is 3.10. The summed E-state index contributed by atoms with van der Waals surface area (Å²) < 4.78 is 36.3. The van der Waals surface area contributed by atoms with E-state index >= 15 is 0 Å². The SMILES string of the molecule is C.CC(C)(C)NC(=O)N[C@H](C(=O)N1CC2[C@@H]([C@H]1C(=O)NC(CC1CCC1)C(O)(C(N)=O)S(=O)(=O)[O-])C2(C)C)C(C)(C)C.[Na+]. The molecule has 0 aromatic carbocycles. The summed E-state index contributed by atoms with van der Waals surface area (Å²) in [6.07, 6.45) is 2.03. The number of fused-ring (bicyclic) bond motifs is 1. The van der Waals surface area contributed by atoms with Crippen LogP contribution in [0.2, 0.25) is 0 Å². The van der Waals surface area contributed by atoms with E-state index in [1.807, 2.05) is 13.8 Å². The Morgan fingerprint density at radius 3 is 2.00 bits per heavy atom. The summed E-state index contributed by atoms with van der Waals surface area (Å²) in [7, 11) is -5.70. The fourth-order valence-electron chi connectivity index (χ4n) is 6.24. The minimum atomic E-state index is -5.70. The van der Waals surface area contributed by atoms with Crippen molar-refractivity contribution in [1.29, 1.82) is 0 Å². The van der Waals surface area contributed by atoms with Crippen LogP contribution in [0.3, 0.4) is 0 Å². The first-order valence-electron chi connectivity index (χ1n) is 14.1. The number of nitrogens with one attached hydrogen (secondary N) is 3. The van der Waals surface area contributed by atoms with E-state index in [4.69, 9.17) is 5.73 Å². The molecule has 0 bridgehead atoms. The number of hydrogen-bond acceptors (Lipinski definition) is 8. The third-order valence-corrected chi connectivity index (χ3v) is 10.2. The Hall–Kier alpha value is -1.45. The van der Waals surface area contributed by atoms with Crippen LogP contribution in [0.5, 0.6) is 0 Å². The van der Waals surface area contributed by atoms with Gasteiger partial charge in [0.15, 0.2) is 0 Å². The van der Waals surface area contributed by atoms with Crippen LogP contribution in [0.15, 0.2) is 0 Å². The second-order valence-corrected chi connectivity index (χ2v) is 16.2. The second kappa shape index (κ2) is 13.1. The summed E-state index contributed by atoms with van der Waals surface area (Å²) in [4.78, 5) is 50.6. The Morgan fingerprint density at radius 2 is 1.60 bits per heavy atom. The van der Waals surface area contributed by atoms with Crippen LogP contribution in [0.4, 0.5) is 4.79 Å². The normalized spacial score (nSPS) is 25.7. The van der Waals surface area contributed by atoms with Gasteiger partial charge in [0.2, 0.25) is 11.8 Å². The Kier molecular flexibility index (Phi) is 12.1. The van der Waals surface area contributed by atoms with Crippen LogP contribution in [-0.2, 0) is 24.5 Å². The number of hydrogen-bond donors (Lipinski definition) is 5. The van der Waals surface area contributed by atoms with Gasteiger partial charge < -0.3 is 36.2 Å². The van der Waals surface area contributed by atoms with Crippen molar-refractivity contribution in [1.82, 2.24) is 20.9 Å². The van der Waals surface area contributed by atoms with E-state index in [0.717, 1.165) is 6.42 Å². The fourth-order valence-corrected chi connectivity index (χ4v) is 6.99. The van der Waals surface area contributed by atoms with E-state index in [2.05, 4.69) is 16.0 Å². The summed E-state index contributed by atoms with van der Waals surface area (Å²) >= 11 is 0. The van der Waals surface area contributed by atoms with Crippen molar-refractivity contribution in [3.8, 4) is 0 Å². The molecule has 2 saturated carbocycles. The third kappa shape index (κ3) is 8.04. The number of rotatable bonds is 9. The van der Waals surface area contributed by atoms with Crippen molar-refractivity contribution < 1.29 is 66.8 Å². The third-order valence-electron chi connectivity index (χ3n) is 8.95. The molecule has 1 saturated heterocycles. The van der Waals surface area contributed by atoms with Crippen molar-refractivity contribution in [3.63, 3.8) is 0 Å². The molecule has 5 amide bonds. The first-order valence-corrected chi connectivity index (χ1v) is 15.5. The Morgan fingerprint density at radius 1 is 1.07 bits per heavy atom. The zero-order valence-electron chi connectivity index (χ0n) is 26.2. The molecule has 0 spiro atoms. The summed E-state index contributed by atoms with van der Waals surface area (Å²) in [5.41, 5.74) is 3.60. The molecule has 3 unspecified atom stereocenters. The molecule has 1 aliphatic heterocycles. The van der Waals surface area contributed by atoms with Crippen LogP contribution in [0.1, 0.15) is 88.5 Å². The molecule has 3 rings (SSSR count). The van der Waals surface area contributed by atoms with Crippen LogP contribution in [0.25, 0.3) is 0 Å². The number of aliphatic hydroxyl groups is 1. The molecule has 6 atom stereocenters. The van der Waals surface area contributed by atoms with E-state index in [1.165, 1.54) is 4.90 Å². The zero-order chi connectivity index (χ0) is 31.5. The number of nitrogens with zero attached hydrogens (tertiary/aromatic N) is 1. The van der Waals surface area contributed by atoms with Crippen LogP contribution >= 0.6 is 0 Å². The molecule has 13 nitrogen and oxygen atoms in total. The average molecular weight is 640 g/mol. The number of urea groups is 1. The molecular weight excluding hydrogens is 589 g/mol. The maximum Gasteiger partial charge on any atom is 1.00 e. The van der Waals surface area contributed by atoms with Crippen molar-refractivity contribution in [2.45, 2.75) is 117 Å². The van der Waals surface area contributed by atoms with Crippen molar-refractivity contribution in [2.24, 2.45) is 34.3 Å². The number of carbonyl (C=O) groups is 4. The predicted octanol–water partition coefficient (Wildman–Crippen LogP) is -1.98. The minimum absolute atomic E-state index is 0. The minimum Gasteiger partial charge on any atom is -0.745 e. The van der Waals surface area contributed by atoms with Crippen LogP contribution < -0.4 is 51.2 Å². The van der Waals surface area contributed by atoms with Crippen molar-refractivity contribution in [3.05, 3.63) is 0 Å². The maximum absolute atomic E-state index is 14.0. The van der Waals surface area contributed by atoms with E-state index in [-0.39, 0.29) is 73.1 Å². The fraction of sp³-hybridized carbons (Fsp3) is 0.857. The van der Waals surface area contributed by atoms with Gasteiger partial charge in [0.05, 0.1) is 6.04 Å². The van der Waals surface area contributed by atoms with Gasteiger partial charge in [-0.05, 0) is 55.8 Å². The first-order chi connectivity index (χ1) is 18.4. The maximum atomic E-state index is 14.0. The van der Waals surface area contributed by atoms with Gasteiger partial charge in [-0.1, -0.05) is 61.3 Å². The summed E-state index contributed by atoms with van der Waals surface area (Å²) in [6.45, 7) is 14.9. The topological polar surface area (TPSA) is 211 Å². The summed E-state index contributed by atoms with van der Waals surface area (Å²) in [5, 5.41) is 18.8. The van der Waals surface area contributed by atoms with Crippen LogP contribution in [0, 0.1) is 28.6 Å². The van der Waals surface area contributed by atoms with E-state index in [9.17, 15) is 37.3 Å². The molecule has 0 aromatic rings. The molecule has 6 N–H and O–H groups in total. The Balaban J connectivity index is 0.00000462. The molecule has 3 fully saturated rings. The van der Waals surface area contributed by atoms with Gasteiger partial charge in [-0.3, -0.25) is 14.4 Å². The van der Waals surface area contributed by atoms with Crippen molar-refractivity contribution in [2.75, 3.05) is 6.54 Å². The quantitative estimate of drug-likeness (QED) is 0.141. The van der Waals surface area contributed by atoms with Gasteiger partial charge in [0.1, 0.15) is 22.2 Å². The van der Waals surface area contributed by atoms with Crippen LogP contribution in [-0.4, -0.2) is 81.9 Å². The smallest absolute Gasteiger partial charge is 0.745 e. The Bertz CT molecular complexity index is 1190. The first kappa shape index (κ1) is 39.6. The number of amides is 5. The number of primary amides is 1. The summed E-state index contributed by atoms with van der Waals surface area (Å²) in [5.74, 6) is -3.55. The number of nitrogens with two attached hydrogens (primary N) is 1. The number of piperidine rings is 1. The van der Waals surface area contributed by atoms with Gasteiger partial charge in [0, 0.05) is 12.1 Å². The zero-order valence-corrected chi connectivity index (χ0v) is 29.1. The van der Waals surface area contributed by atoms with E-state index in [1.54, 1.807) is 41.5 Å². The molecule has 15 heteroatoms. The predicted molar refractivity (Wildman–Crippen MR) is 155 cm³/mol. The molecular formula is C28H50N5NaO8S. The monoisotopic (exact) mass is 639 g/mol. The number of likely N-dealkylation sites (tertiary alicyclic amines) is 1. The Labute approximate surface area is 278 Å². The van der Waals surface area contributed by atoms with E-state index in [0.29, 0.717) is 12.8 Å². The van der Waals surface area contributed by atoms with Gasteiger partial charge >= 0.3 is 35.6 Å².